The Morgan fingerprint density at radius 1 is 1.00 bits per heavy atom. The zero-order chi connectivity index (χ0) is 17.9. The molecule has 1 amide bonds. The largest absolute Gasteiger partial charge is 0.471 e. The van der Waals surface area contributed by atoms with Crippen molar-refractivity contribution < 1.29 is 18.0 Å². The first-order valence-corrected chi connectivity index (χ1v) is 8.12. The summed E-state index contributed by atoms with van der Waals surface area (Å²) in [6, 6.07) is 18.6. The average Bonchev–Trinajstić information content (AvgIpc) is 2.98. The first kappa shape index (κ1) is 17.5. The number of nitrogens with one attached hydrogen (secondary N) is 1. The van der Waals surface area contributed by atoms with E-state index in [9.17, 15) is 18.0 Å². The van der Waals surface area contributed by atoms with E-state index in [0.717, 1.165) is 11.1 Å². The van der Waals surface area contributed by atoms with Crippen molar-refractivity contribution in [3.05, 3.63) is 71.8 Å². The van der Waals surface area contributed by atoms with Crippen molar-refractivity contribution in [3.8, 4) is 0 Å². The number of hydrogen-bond donors (Lipinski definition) is 1. The third-order valence-corrected chi connectivity index (χ3v) is 4.45. The summed E-state index contributed by atoms with van der Waals surface area (Å²) >= 11 is 0. The third-order valence-electron chi connectivity index (χ3n) is 4.45. The molecule has 2 aromatic carbocycles. The Hall–Kier alpha value is -2.34. The molecule has 0 aromatic heterocycles. The Morgan fingerprint density at radius 2 is 1.60 bits per heavy atom. The van der Waals surface area contributed by atoms with Gasteiger partial charge in [-0.2, -0.15) is 13.2 Å². The maximum absolute atomic E-state index is 12.7. The lowest BCUT2D eigenvalue weighted by atomic mass is 9.94. The lowest BCUT2D eigenvalue weighted by molar-refractivity contribution is -0.174. The van der Waals surface area contributed by atoms with Crippen molar-refractivity contribution in [2.24, 2.45) is 0 Å². The van der Waals surface area contributed by atoms with Crippen molar-refractivity contribution in [3.63, 3.8) is 0 Å². The van der Waals surface area contributed by atoms with Gasteiger partial charge in [-0.3, -0.25) is 9.69 Å². The van der Waals surface area contributed by atoms with Gasteiger partial charge in [-0.25, -0.2) is 0 Å². The maximum atomic E-state index is 12.7. The molecule has 0 spiro atoms. The van der Waals surface area contributed by atoms with Gasteiger partial charge in [0.05, 0.1) is 0 Å². The Balaban J connectivity index is 1.76. The summed E-state index contributed by atoms with van der Waals surface area (Å²) in [6.45, 7) is 1.63. The van der Waals surface area contributed by atoms with E-state index in [0.29, 0.717) is 19.6 Å². The second kappa shape index (κ2) is 7.27. The molecule has 1 aliphatic heterocycles. The number of carbonyl (C=O) groups excluding carboxylic acids is 1. The van der Waals surface area contributed by atoms with Crippen LogP contribution in [0.3, 0.4) is 0 Å². The minimum absolute atomic E-state index is 0.170. The van der Waals surface area contributed by atoms with Gasteiger partial charge < -0.3 is 5.32 Å². The number of nitrogens with zero attached hydrogens (tertiary/aromatic N) is 1. The summed E-state index contributed by atoms with van der Waals surface area (Å²) < 4.78 is 38.0. The summed E-state index contributed by atoms with van der Waals surface area (Å²) in [5.74, 6) is -2.05. The average molecular weight is 348 g/mol. The molecule has 6 heteroatoms. The molecule has 1 heterocycles. The van der Waals surface area contributed by atoms with Gasteiger partial charge in [-0.1, -0.05) is 60.7 Å². The molecule has 0 radical (unpaired) electrons. The van der Waals surface area contributed by atoms with Crippen LogP contribution in [-0.4, -0.2) is 36.1 Å². The molecule has 1 N–H and O–H groups in total. The van der Waals surface area contributed by atoms with Crippen molar-refractivity contribution in [2.45, 2.75) is 24.7 Å². The highest BCUT2D eigenvalue weighted by atomic mass is 19.4. The van der Waals surface area contributed by atoms with Gasteiger partial charge in [0, 0.05) is 31.6 Å². The minimum atomic E-state index is -4.87. The molecule has 0 unspecified atom stereocenters. The first-order valence-electron chi connectivity index (χ1n) is 8.12. The number of benzene rings is 2. The molecule has 0 aliphatic carbocycles. The quantitative estimate of drug-likeness (QED) is 0.919. The highest BCUT2D eigenvalue weighted by molar-refractivity contribution is 5.82. The fourth-order valence-electron chi connectivity index (χ4n) is 3.29. The standard InChI is InChI=1S/C19H19F3N2O/c20-19(21,22)18(25)23-17-13-24(11-14-7-3-1-4-8-14)12-16(17)15-9-5-2-6-10-15/h1-10,16-17H,11-13H2,(H,23,25)/t16-,17+/m1/s1. The summed E-state index contributed by atoms with van der Waals surface area (Å²) in [7, 11) is 0. The van der Waals surface area contributed by atoms with E-state index in [2.05, 4.69) is 10.2 Å². The highest BCUT2D eigenvalue weighted by Crippen LogP contribution is 2.29. The van der Waals surface area contributed by atoms with Crippen LogP contribution in [0.15, 0.2) is 60.7 Å². The van der Waals surface area contributed by atoms with Gasteiger partial charge in [0.15, 0.2) is 0 Å². The zero-order valence-corrected chi connectivity index (χ0v) is 13.5. The highest BCUT2D eigenvalue weighted by Gasteiger charge is 2.43. The first-order chi connectivity index (χ1) is 11.9. The Labute approximate surface area is 144 Å². The Morgan fingerprint density at radius 3 is 2.20 bits per heavy atom. The topological polar surface area (TPSA) is 32.3 Å². The van der Waals surface area contributed by atoms with Crippen molar-refractivity contribution in [2.75, 3.05) is 13.1 Å². The molecular formula is C19H19F3N2O. The maximum Gasteiger partial charge on any atom is 0.471 e. The number of hydrogen-bond acceptors (Lipinski definition) is 2. The third kappa shape index (κ3) is 4.39. The Kier molecular flexibility index (Phi) is 5.08. The molecule has 1 aliphatic rings. The number of carbonyl (C=O) groups is 1. The molecule has 2 atom stereocenters. The van der Waals surface area contributed by atoms with Crippen LogP contribution >= 0.6 is 0 Å². The normalized spacial score (nSPS) is 21.2. The molecule has 3 rings (SSSR count). The SMILES string of the molecule is O=C(N[C@H]1CN(Cc2ccccc2)C[C@@H]1c1ccccc1)C(F)(F)F. The van der Waals surface area contributed by atoms with Gasteiger partial charge in [0.2, 0.25) is 0 Å². The number of alkyl halides is 3. The fourth-order valence-corrected chi connectivity index (χ4v) is 3.29. The number of amides is 1. The lowest BCUT2D eigenvalue weighted by Crippen LogP contribution is -2.46. The second-order valence-corrected chi connectivity index (χ2v) is 6.27. The summed E-state index contributed by atoms with van der Waals surface area (Å²) in [4.78, 5) is 13.5. The summed E-state index contributed by atoms with van der Waals surface area (Å²) in [6.07, 6.45) is -4.87. The molecule has 1 fully saturated rings. The van der Waals surface area contributed by atoms with E-state index in [1.165, 1.54) is 0 Å². The van der Waals surface area contributed by atoms with Gasteiger partial charge >= 0.3 is 12.1 Å². The van der Waals surface area contributed by atoms with Crippen LogP contribution in [0.1, 0.15) is 17.0 Å². The molecular weight excluding hydrogens is 329 g/mol. The van der Waals surface area contributed by atoms with Crippen LogP contribution in [0, 0.1) is 0 Å². The van der Waals surface area contributed by atoms with Crippen molar-refractivity contribution in [1.82, 2.24) is 10.2 Å². The predicted octanol–water partition coefficient (Wildman–Crippen LogP) is 3.33. The second-order valence-electron chi connectivity index (χ2n) is 6.27. The lowest BCUT2D eigenvalue weighted by Gasteiger charge is -2.21. The van der Waals surface area contributed by atoms with Crippen LogP contribution < -0.4 is 5.32 Å². The number of halogens is 3. The van der Waals surface area contributed by atoms with Crippen LogP contribution in [0.5, 0.6) is 0 Å². The van der Waals surface area contributed by atoms with E-state index in [1.807, 2.05) is 60.7 Å². The molecule has 132 valence electrons. The van der Waals surface area contributed by atoms with E-state index in [1.54, 1.807) is 0 Å². The fraction of sp³-hybridized carbons (Fsp3) is 0.316. The molecule has 0 saturated carbocycles. The molecule has 3 nitrogen and oxygen atoms in total. The van der Waals surface area contributed by atoms with Crippen LogP contribution in [-0.2, 0) is 11.3 Å². The van der Waals surface area contributed by atoms with Gasteiger partial charge in [-0.05, 0) is 11.1 Å². The van der Waals surface area contributed by atoms with Crippen LogP contribution in [0.2, 0.25) is 0 Å². The summed E-state index contributed by atoms with van der Waals surface area (Å²) in [5.41, 5.74) is 2.03. The van der Waals surface area contributed by atoms with Crippen molar-refractivity contribution >= 4 is 5.91 Å². The van der Waals surface area contributed by atoms with Crippen molar-refractivity contribution in [1.29, 1.82) is 0 Å². The van der Waals surface area contributed by atoms with E-state index in [-0.39, 0.29) is 5.92 Å². The van der Waals surface area contributed by atoms with Gasteiger partial charge in [0.1, 0.15) is 0 Å². The zero-order valence-electron chi connectivity index (χ0n) is 13.5. The van der Waals surface area contributed by atoms with Gasteiger partial charge in [-0.15, -0.1) is 0 Å². The molecule has 1 saturated heterocycles. The van der Waals surface area contributed by atoms with E-state index < -0.39 is 18.1 Å². The number of likely N-dealkylation sites (tertiary alicyclic amines) is 1. The molecule has 2 aromatic rings. The smallest absolute Gasteiger partial charge is 0.344 e. The molecule has 0 bridgehead atoms. The van der Waals surface area contributed by atoms with Crippen LogP contribution in [0.4, 0.5) is 13.2 Å². The number of rotatable bonds is 4. The van der Waals surface area contributed by atoms with E-state index >= 15 is 0 Å². The van der Waals surface area contributed by atoms with Crippen LogP contribution in [0.25, 0.3) is 0 Å². The minimum Gasteiger partial charge on any atom is -0.344 e. The monoisotopic (exact) mass is 348 g/mol. The van der Waals surface area contributed by atoms with Gasteiger partial charge in [0.25, 0.3) is 0 Å². The predicted molar refractivity (Wildman–Crippen MR) is 88.9 cm³/mol. The summed E-state index contributed by atoms with van der Waals surface area (Å²) in [5, 5.41) is 2.18. The molecule has 25 heavy (non-hydrogen) atoms. The van der Waals surface area contributed by atoms with E-state index in [4.69, 9.17) is 0 Å². The Bertz CT molecular complexity index is 704.